The maximum Gasteiger partial charge on any atom is 0.123 e. The van der Waals surface area contributed by atoms with Crippen molar-refractivity contribution in [3.05, 3.63) is 59.9 Å². The van der Waals surface area contributed by atoms with Crippen molar-refractivity contribution >= 4 is 11.8 Å². The summed E-state index contributed by atoms with van der Waals surface area (Å²) in [6, 6.07) is 14.2. The first-order valence-electron chi connectivity index (χ1n) is 6.37. The Kier molecular flexibility index (Phi) is 5.74. The number of hydrogen-bond donors (Lipinski definition) is 0. The summed E-state index contributed by atoms with van der Waals surface area (Å²) in [5.74, 6) is 3.12. The summed E-state index contributed by atoms with van der Waals surface area (Å²) in [5.41, 5.74) is 0.999. The number of methoxy groups -OCH3 is 1. The summed E-state index contributed by atoms with van der Waals surface area (Å²) >= 11 is 1.73. The molecule has 2 rings (SSSR count). The van der Waals surface area contributed by atoms with Gasteiger partial charge in [0.05, 0.1) is 13.7 Å². The van der Waals surface area contributed by atoms with E-state index in [1.807, 2.05) is 30.3 Å². The molecule has 0 aromatic heterocycles. The number of rotatable bonds is 7. The highest BCUT2D eigenvalue weighted by molar-refractivity contribution is 7.98. The van der Waals surface area contributed by atoms with Crippen molar-refractivity contribution in [2.75, 3.05) is 19.5 Å². The van der Waals surface area contributed by atoms with Crippen LogP contribution in [0.5, 0.6) is 11.5 Å². The molecular weight excluding hydrogens is 275 g/mol. The Morgan fingerprint density at radius 3 is 2.50 bits per heavy atom. The molecule has 0 bridgehead atoms. The van der Waals surface area contributed by atoms with E-state index in [1.165, 1.54) is 6.07 Å². The first-order chi connectivity index (χ1) is 9.78. The predicted molar refractivity (Wildman–Crippen MR) is 81.1 cm³/mol. The third-order valence-corrected chi connectivity index (χ3v) is 3.71. The molecule has 0 aliphatic heterocycles. The van der Waals surface area contributed by atoms with Crippen molar-refractivity contribution in [2.45, 2.75) is 5.75 Å². The number of hydrogen-bond acceptors (Lipinski definition) is 3. The van der Waals surface area contributed by atoms with E-state index >= 15 is 0 Å². The molecule has 2 aromatic carbocycles. The number of thioether (sulfide) groups is 1. The van der Waals surface area contributed by atoms with Gasteiger partial charge in [0.15, 0.2) is 0 Å². The lowest BCUT2D eigenvalue weighted by Crippen LogP contribution is -2.00. The van der Waals surface area contributed by atoms with Crippen LogP contribution in [-0.4, -0.2) is 19.5 Å². The number of halogens is 1. The SMILES string of the molecule is COc1ccc(OCCSCc2cccc(F)c2)cc1. The predicted octanol–water partition coefficient (Wildman–Crippen LogP) is 4.15. The smallest absolute Gasteiger partial charge is 0.123 e. The molecule has 0 aliphatic carbocycles. The molecule has 0 saturated heterocycles. The van der Waals surface area contributed by atoms with Gasteiger partial charge in [0.2, 0.25) is 0 Å². The van der Waals surface area contributed by atoms with Crippen LogP contribution in [0.4, 0.5) is 4.39 Å². The third-order valence-electron chi connectivity index (χ3n) is 2.71. The van der Waals surface area contributed by atoms with Gasteiger partial charge in [0.25, 0.3) is 0 Å². The van der Waals surface area contributed by atoms with Crippen LogP contribution in [-0.2, 0) is 5.75 Å². The average Bonchev–Trinajstić information content (AvgIpc) is 2.48. The van der Waals surface area contributed by atoms with Gasteiger partial charge in [-0.1, -0.05) is 12.1 Å². The van der Waals surface area contributed by atoms with Crippen LogP contribution in [0, 0.1) is 5.82 Å². The van der Waals surface area contributed by atoms with Crippen LogP contribution in [0.15, 0.2) is 48.5 Å². The normalized spacial score (nSPS) is 10.3. The van der Waals surface area contributed by atoms with Crippen LogP contribution >= 0.6 is 11.8 Å². The van der Waals surface area contributed by atoms with Crippen LogP contribution in [0.25, 0.3) is 0 Å². The van der Waals surface area contributed by atoms with Gasteiger partial charge in [-0.15, -0.1) is 0 Å². The Hall–Kier alpha value is -1.68. The van der Waals surface area contributed by atoms with E-state index in [1.54, 1.807) is 31.0 Å². The quantitative estimate of drug-likeness (QED) is 0.714. The molecule has 0 radical (unpaired) electrons. The van der Waals surface area contributed by atoms with Crippen LogP contribution in [0.1, 0.15) is 5.56 Å². The van der Waals surface area contributed by atoms with Crippen molar-refractivity contribution in [3.8, 4) is 11.5 Å². The Balaban J connectivity index is 1.66. The third kappa shape index (κ3) is 4.78. The zero-order valence-electron chi connectivity index (χ0n) is 11.3. The average molecular weight is 292 g/mol. The molecule has 0 fully saturated rings. The Labute approximate surface area is 122 Å². The fourth-order valence-corrected chi connectivity index (χ4v) is 2.47. The van der Waals surface area contributed by atoms with Gasteiger partial charge in [0, 0.05) is 11.5 Å². The lowest BCUT2D eigenvalue weighted by molar-refractivity contribution is 0.342. The summed E-state index contributed by atoms with van der Waals surface area (Å²) in [7, 11) is 1.64. The molecule has 0 saturated carbocycles. The van der Waals surface area contributed by atoms with E-state index in [4.69, 9.17) is 9.47 Å². The van der Waals surface area contributed by atoms with E-state index in [0.29, 0.717) is 6.61 Å². The monoisotopic (exact) mass is 292 g/mol. The van der Waals surface area contributed by atoms with Gasteiger partial charge < -0.3 is 9.47 Å². The van der Waals surface area contributed by atoms with Crippen molar-refractivity contribution in [2.24, 2.45) is 0 Å². The van der Waals surface area contributed by atoms with Crippen molar-refractivity contribution in [1.29, 1.82) is 0 Å². The Morgan fingerprint density at radius 1 is 1.05 bits per heavy atom. The minimum atomic E-state index is -0.183. The zero-order chi connectivity index (χ0) is 14.2. The second kappa shape index (κ2) is 7.80. The van der Waals surface area contributed by atoms with Gasteiger partial charge in [-0.3, -0.25) is 0 Å². The largest absolute Gasteiger partial charge is 0.497 e. The van der Waals surface area contributed by atoms with Gasteiger partial charge in [-0.25, -0.2) is 4.39 Å². The number of benzene rings is 2. The molecule has 106 valence electrons. The molecule has 0 atom stereocenters. The topological polar surface area (TPSA) is 18.5 Å². The maximum absolute atomic E-state index is 13.0. The van der Waals surface area contributed by atoms with Crippen molar-refractivity contribution in [3.63, 3.8) is 0 Å². The van der Waals surface area contributed by atoms with Crippen molar-refractivity contribution in [1.82, 2.24) is 0 Å². The molecule has 2 aromatic rings. The van der Waals surface area contributed by atoms with Gasteiger partial charge >= 0.3 is 0 Å². The highest BCUT2D eigenvalue weighted by Gasteiger charge is 1.98. The molecule has 0 heterocycles. The number of ether oxygens (including phenoxy) is 2. The van der Waals surface area contributed by atoms with Gasteiger partial charge in [-0.2, -0.15) is 11.8 Å². The van der Waals surface area contributed by atoms with Gasteiger partial charge in [-0.05, 0) is 42.0 Å². The van der Waals surface area contributed by atoms with Crippen molar-refractivity contribution < 1.29 is 13.9 Å². The summed E-state index contributed by atoms with van der Waals surface area (Å²) in [4.78, 5) is 0. The fraction of sp³-hybridized carbons (Fsp3) is 0.250. The minimum Gasteiger partial charge on any atom is -0.497 e. The molecule has 0 N–H and O–H groups in total. The van der Waals surface area contributed by atoms with Crippen LogP contribution < -0.4 is 9.47 Å². The van der Waals surface area contributed by atoms with E-state index in [2.05, 4.69) is 0 Å². The molecule has 4 heteroatoms. The molecule has 0 unspecified atom stereocenters. The summed E-state index contributed by atoms with van der Waals surface area (Å²) in [6.45, 7) is 0.631. The maximum atomic E-state index is 13.0. The first kappa shape index (κ1) is 14.7. The van der Waals surface area contributed by atoms with E-state index < -0.39 is 0 Å². The molecule has 20 heavy (non-hydrogen) atoms. The highest BCUT2D eigenvalue weighted by atomic mass is 32.2. The second-order valence-electron chi connectivity index (χ2n) is 4.21. The van der Waals surface area contributed by atoms with E-state index in [-0.39, 0.29) is 5.82 Å². The standard InChI is InChI=1S/C16H17FO2S/c1-18-15-5-7-16(8-6-15)19-9-10-20-12-13-3-2-4-14(17)11-13/h2-8,11H,9-10,12H2,1H3. The van der Waals surface area contributed by atoms with E-state index in [9.17, 15) is 4.39 Å². The lowest BCUT2D eigenvalue weighted by atomic mass is 10.2. The molecule has 0 aliphatic rings. The summed E-state index contributed by atoms with van der Waals surface area (Å²) in [6.07, 6.45) is 0. The molecular formula is C16H17FO2S. The molecule has 0 spiro atoms. The van der Waals surface area contributed by atoms with E-state index in [0.717, 1.165) is 28.6 Å². The lowest BCUT2D eigenvalue weighted by Gasteiger charge is -2.07. The Morgan fingerprint density at radius 2 is 1.80 bits per heavy atom. The second-order valence-corrected chi connectivity index (χ2v) is 5.31. The minimum absolute atomic E-state index is 0.183. The first-order valence-corrected chi connectivity index (χ1v) is 7.52. The summed E-state index contributed by atoms with van der Waals surface area (Å²) < 4.78 is 23.7. The van der Waals surface area contributed by atoms with Crippen LogP contribution in [0.2, 0.25) is 0 Å². The molecule has 0 amide bonds. The Bertz CT molecular complexity index is 528. The fourth-order valence-electron chi connectivity index (χ4n) is 1.71. The highest BCUT2D eigenvalue weighted by Crippen LogP contribution is 2.18. The summed E-state index contributed by atoms with van der Waals surface area (Å²) in [5, 5.41) is 0. The zero-order valence-corrected chi connectivity index (χ0v) is 12.2. The molecule has 2 nitrogen and oxygen atoms in total. The van der Waals surface area contributed by atoms with Gasteiger partial charge in [0.1, 0.15) is 17.3 Å². The van der Waals surface area contributed by atoms with Crippen LogP contribution in [0.3, 0.4) is 0 Å².